The molecule has 1 aromatic heterocycles. The zero-order valence-corrected chi connectivity index (χ0v) is 12.7. The van der Waals surface area contributed by atoms with Crippen molar-refractivity contribution in [2.24, 2.45) is 5.73 Å². The molecule has 0 radical (unpaired) electrons. The number of carbonyl (C=O) groups excluding carboxylic acids is 3. The van der Waals surface area contributed by atoms with Crippen LogP contribution in [0.25, 0.3) is 10.9 Å². The van der Waals surface area contributed by atoms with Crippen molar-refractivity contribution in [1.29, 1.82) is 0 Å². The first-order valence-electron chi connectivity index (χ1n) is 7.33. The number of amides is 2. The summed E-state index contributed by atoms with van der Waals surface area (Å²) in [5.74, 6) is -2.03. The molecule has 3 N–H and O–H groups in total. The molecule has 0 spiro atoms. The van der Waals surface area contributed by atoms with Gasteiger partial charge >= 0.3 is 0 Å². The number of benzene rings is 2. The molecular formula is C18H15N3O3. The van der Waals surface area contributed by atoms with Crippen LogP contribution in [-0.2, 0) is 16.1 Å². The second kappa shape index (κ2) is 6.37. The Bertz CT molecular complexity index is 929. The van der Waals surface area contributed by atoms with Crippen LogP contribution in [0.4, 0.5) is 5.69 Å². The fourth-order valence-corrected chi connectivity index (χ4v) is 2.57. The number of Topliss-reactive ketones (excluding diaryl/α,β-unsaturated/α-hetero) is 1. The molecule has 0 aliphatic rings. The Balaban J connectivity index is 1.91. The zero-order chi connectivity index (χ0) is 17.1. The van der Waals surface area contributed by atoms with Gasteiger partial charge in [0, 0.05) is 22.8 Å². The molecule has 120 valence electrons. The summed E-state index contributed by atoms with van der Waals surface area (Å²) in [7, 11) is 0. The number of ketones is 1. The van der Waals surface area contributed by atoms with Gasteiger partial charge in [0.25, 0.3) is 11.7 Å². The fourth-order valence-electron chi connectivity index (χ4n) is 2.57. The number of primary amides is 1. The number of nitrogens with one attached hydrogen (secondary N) is 1. The van der Waals surface area contributed by atoms with E-state index in [4.69, 9.17) is 5.73 Å². The van der Waals surface area contributed by atoms with Gasteiger partial charge in [-0.1, -0.05) is 36.4 Å². The van der Waals surface area contributed by atoms with Crippen molar-refractivity contribution in [3.05, 3.63) is 66.4 Å². The SMILES string of the molecule is NC(=O)C(=O)c1cn(CC(=O)Nc2ccccc2)c2ccccc12. The van der Waals surface area contributed by atoms with Crippen LogP contribution in [0.3, 0.4) is 0 Å². The quantitative estimate of drug-likeness (QED) is 0.555. The first-order chi connectivity index (χ1) is 11.6. The summed E-state index contributed by atoms with van der Waals surface area (Å²) in [6, 6.07) is 16.1. The van der Waals surface area contributed by atoms with Gasteiger partial charge in [-0.25, -0.2) is 0 Å². The molecule has 6 nitrogen and oxygen atoms in total. The summed E-state index contributed by atoms with van der Waals surface area (Å²) in [5, 5.41) is 3.37. The predicted octanol–water partition coefficient (Wildman–Crippen LogP) is 1.95. The largest absolute Gasteiger partial charge is 0.363 e. The van der Waals surface area contributed by atoms with Gasteiger partial charge in [-0.15, -0.1) is 0 Å². The van der Waals surface area contributed by atoms with Gasteiger partial charge < -0.3 is 15.6 Å². The van der Waals surface area contributed by atoms with Gasteiger partial charge in [0.2, 0.25) is 5.91 Å². The Hall–Kier alpha value is -3.41. The molecule has 0 fully saturated rings. The lowest BCUT2D eigenvalue weighted by atomic mass is 10.1. The molecule has 0 unspecified atom stereocenters. The number of rotatable bonds is 5. The minimum Gasteiger partial charge on any atom is -0.363 e. The summed E-state index contributed by atoms with van der Waals surface area (Å²) in [6.45, 7) is 0.0153. The molecule has 0 aliphatic heterocycles. The van der Waals surface area contributed by atoms with Crippen LogP contribution in [0.1, 0.15) is 10.4 Å². The zero-order valence-electron chi connectivity index (χ0n) is 12.7. The number of nitrogens with two attached hydrogens (primary N) is 1. The highest BCUT2D eigenvalue weighted by Crippen LogP contribution is 2.22. The lowest BCUT2D eigenvalue weighted by molar-refractivity contribution is -0.116. The number of carbonyl (C=O) groups is 3. The molecule has 3 rings (SSSR count). The van der Waals surface area contributed by atoms with Crippen molar-refractivity contribution in [2.45, 2.75) is 6.54 Å². The first-order valence-corrected chi connectivity index (χ1v) is 7.33. The van der Waals surface area contributed by atoms with Crippen LogP contribution < -0.4 is 11.1 Å². The third kappa shape index (κ3) is 3.03. The fraction of sp³-hybridized carbons (Fsp3) is 0.0556. The van der Waals surface area contributed by atoms with Crippen LogP contribution in [0, 0.1) is 0 Å². The number of para-hydroxylation sites is 2. The molecule has 3 aromatic rings. The molecule has 0 saturated heterocycles. The first kappa shape index (κ1) is 15.5. The Labute approximate surface area is 137 Å². The van der Waals surface area contributed by atoms with Gasteiger partial charge in [0.1, 0.15) is 6.54 Å². The molecule has 0 aliphatic carbocycles. The van der Waals surface area contributed by atoms with Crippen LogP contribution >= 0.6 is 0 Å². The van der Waals surface area contributed by atoms with Crippen molar-refractivity contribution < 1.29 is 14.4 Å². The van der Waals surface area contributed by atoms with E-state index < -0.39 is 11.7 Å². The number of hydrogen-bond acceptors (Lipinski definition) is 3. The monoisotopic (exact) mass is 321 g/mol. The summed E-state index contributed by atoms with van der Waals surface area (Å²) in [4.78, 5) is 35.4. The van der Waals surface area contributed by atoms with Gasteiger partial charge in [-0.05, 0) is 18.2 Å². The average molecular weight is 321 g/mol. The lowest BCUT2D eigenvalue weighted by Gasteiger charge is -2.07. The highest BCUT2D eigenvalue weighted by Gasteiger charge is 2.19. The van der Waals surface area contributed by atoms with Gasteiger partial charge in [0.15, 0.2) is 0 Å². The topological polar surface area (TPSA) is 94.2 Å². The summed E-state index contributed by atoms with van der Waals surface area (Å²) < 4.78 is 1.63. The molecule has 0 atom stereocenters. The van der Waals surface area contributed by atoms with E-state index in [9.17, 15) is 14.4 Å². The highest BCUT2D eigenvalue weighted by molar-refractivity contribution is 6.44. The Morgan fingerprint density at radius 3 is 2.33 bits per heavy atom. The van der Waals surface area contributed by atoms with Crippen LogP contribution in [0.15, 0.2) is 60.8 Å². The van der Waals surface area contributed by atoms with E-state index in [1.165, 1.54) is 6.20 Å². The average Bonchev–Trinajstić information content (AvgIpc) is 2.93. The molecular weight excluding hydrogens is 306 g/mol. The Kier molecular flexibility index (Phi) is 4.11. The number of anilines is 1. The summed E-state index contributed by atoms with van der Waals surface area (Å²) in [5.41, 5.74) is 6.67. The van der Waals surface area contributed by atoms with Crippen molar-refractivity contribution in [1.82, 2.24) is 4.57 Å². The molecule has 24 heavy (non-hydrogen) atoms. The second-order valence-electron chi connectivity index (χ2n) is 5.30. The van der Waals surface area contributed by atoms with Crippen molar-refractivity contribution >= 4 is 34.2 Å². The molecule has 0 bridgehead atoms. The maximum Gasteiger partial charge on any atom is 0.289 e. The molecule has 1 heterocycles. The van der Waals surface area contributed by atoms with E-state index in [0.29, 0.717) is 16.6 Å². The van der Waals surface area contributed by atoms with Gasteiger partial charge in [-0.2, -0.15) is 0 Å². The number of hydrogen-bond donors (Lipinski definition) is 2. The van der Waals surface area contributed by atoms with Gasteiger partial charge in [-0.3, -0.25) is 14.4 Å². The van der Waals surface area contributed by atoms with E-state index in [1.807, 2.05) is 18.2 Å². The number of aromatic nitrogens is 1. The van der Waals surface area contributed by atoms with E-state index in [0.717, 1.165) is 0 Å². The Morgan fingerprint density at radius 2 is 1.62 bits per heavy atom. The van der Waals surface area contributed by atoms with E-state index in [2.05, 4.69) is 5.32 Å². The van der Waals surface area contributed by atoms with Crippen LogP contribution in [0.2, 0.25) is 0 Å². The minimum atomic E-state index is -1.02. The van der Waals surface area contributed by atoms with Crippen molar-refractivity contribution in [3.8, 4) is 0 Å². The van der Waals surface area contributed by atoms with Crippen molar-refractivity contribution in [2.75, 3.05) is 5.32 Å². The summed E-state index contributed by atoms with van der Waals surface area (Å²) >= 11 is 0. The number of fused-ring (bicyclic) bond motifs is 1. The predicted molar refractivity (Wildman–Crippen MR) is 90.5 cm³/mol. The normalized spacial score (nSPS) is 10.5. The number of nitrogens with zero attached hydrogens (tertiary/aromatic N) is 1. The van der Waals surface area contributed by atoms with Crippen molar-refractivity contribution in [3.63, 3.8) is 0 Å². The minimum absolute atomic E-state index is 0.0153. The summed E-state index contributed by atoms with van der Waals surface area (Å²) in [6.07, 6.45) is 1.49. The third-order valence-corrected chi connectivity index (χ3v) is 3.63. The molecule has 2 amide bonds. The van der Waals surface area contributed by atoms with Crippen LogP contribution in [0.5, 0.6) is 0 Å². The van der Waals surface area contributed by atoms with Crippen LogP contribution in [-0.4, -0.2) is 22.2 Å². The third-order valence-electron chi connectivity index (χ3n) is 3.63. The van der Waals surface area contributed by atoms with E-state index >= 15 is 0 Å². The molecule has 0 saturated carbocycles. The smallest absolute Gasteiger partial charge is 0.289 e. The van der Waals surface area contributed by atoms with E-state index in [1.54, 1.807) is 41.0 Å². The lowest BCUT2D eigenvalue weighted by Crippen LogP contribution is -2.23. The maximum absolute atomic E-state index is 12.2. The highest BCUT2D eigenvalue weighted by atomic mass is 16.2. The Morgan fingerprint density at radius 1 is 0.958 bits per heavy atom. The standard InChI is InChI=1S/C18H15N3O3/c19-18(24)17(23)14-10-21(15-9-5-4-8-13(14)15)11-16(22)20-12-6-2-1-3-7-12/h1-10H,11H2,(H2,19,24)(H,20,22). The second-order valence-corrected chi connectivity index (χ2v) is 5.30. The molecule has 6 heteroatoms. The maximum atomic E-state index is 12.2. The van der Waals surface area contributed by atoms with Gasteiger partial charge in [0.05, 0.1) is 5.56 Å². The molecule has 2 aromatic carbocycles. The van der Waals surface area contributed by atoms with E-state index in [-0.39, 0.29) is 18.0 Å².